The lowest BCUT2D eigenvalue weighted by atomic mass is 10.0. The molecule has 0 bridgehead atoms. The second-order valence-corrected chi connectivity index (χ2v) is 8.27. The molecular formula is C24H18ClFN4OS. The van der Waals surface area contributed by atoms with Crippen molar-refractivity contribution in [2.24, 2.45) is 0 Å². The summed E-state index contributed by atoms with van der Waals surface area (Å²) in [6, 6.07) is 23.6. The van der Waals surface area contributed by atoms with Crippen molar-refractivity contribution in [1.29, 1.82) is 0 Å². The summed E-state index contributed by atoms with van der Waals surface area (Å²) in [5.74, 6) is -0.281. The van der Waals surface area contributed by atoms with Crippen LogP contribution in [-0.2, 0) is 4.79 Å². The van der Waals surface area contributed by atoms with Crippen LogP contribution in [-0.4, -0.2) is 26.8 Å². The molecule has 0 aliphatic heterocycles. The molecule has 0 saturated heterocycles. The standard InChI is InChI=1S/C24H18ClFN4OS/c25-19-15-18(11-12-20(19)26)27-21(31)13-14-32-24-28-22(16-7-3-1-4-8-16)23(29-30-24)17-9-5-2-6-10-17/h1-12,15H,13-14H2,(H,27,31). The summed E-state index contributed by atoms with van der Waals surface area (Å²) in [5.41, 5.74) is 3.75. The Morgan fingerprint density at radius 3 is 2.22 bits per heavy atom. The first-order valence-corrected chi connectivity index (χ1v) is 11.2. The Bertz CT molecular complexity index is 1230. The molecule has 160 valence electrons. The van der Waals surface area contributed by atoms with Crippen molar-refractivity contribution < 1.29 is 9.18 Å². The van der Waals surface area contributed by atoms with Gasteiger partial charge in [0, 0.05) is 29.0 Å². The van der Waals surface area contributed by atoms with Gasteiger partial charge in [0.2, 0.25) is 11.1 Å². The number of carbonyl (C=O) groups is 1. The molecule has 0 fully saturated rings. The maximum atomic E-state index is 13.3. The second-order valence-electron chi connectivity index (χ2n) is 6.80. The monoisotopic (exact) mass is 464 g/mol. The Balaban J connectivity index is 1.46. The summed E-state index contributed by atoms with van der Waals surface area (Å²) in [6.45, 7) is 0. The quantitative estimate of drug-likeness (QED) is 0.334. The SMILES string of the molecule is O=C(CCSc1nnc(-c2ccccc2)c(-c2ccccc2)n1)Nc1ccc(F)c(Cl)c1. The molecule has 4 rings (SSSR count). The van der Waals surface area contributed by atoms with Gasteiger partial charge in [0.1, 0.15) is 17.2 Å². The van der Waals surface area contributed by atoms with Crippen LogP contribution < -0.4 is 5.32 Å². The fraction of sp³-hybridized carbons (Fsp3) is 0.0833. The molecule has 32 heavy (non-hydrogen) atoms. The number of halogens is 2. The van der Waals surface area contributed by atoms with Crippen molar-refractivity contribution in [2.75, 3.05) is 11.1 Å². The highest BCUT2D eigenvalue weighted by Crippen LogP contribution is 2.29. The zero-order valence-electron chi connectivity index (χ0n) is 16.8. The number of nitrogens with one attached hydrogen (secondary N) is 1. The van der Waals surface area contributed by atoms with Gasteiger partial charge >= 0.3 is 0 Å². The fourth-order valence-corrected chi connectivity index (χ4v) is 3.90. The van der Waals surface area contributed by atoms with Crippen molar-refractivity contribution in [1.82, 2.24) is 15.2 Å². The minimum Gasteiger partial charge on any atom is -0.326 e. The molecule has 1 N–H and O–H groups in total. The maximum absolute atomic E-state index is 13.3. The molecule has 0 spiro atoms. The first kappa shape index (κ1) is 21.9. The average Bonchev–Trinajstić information content (AvgIpc) is 2.82. The summed E-state index contributed by atoms with van der Waals surface area (Å²) in [7, 11) is 0. The number of anilines is 1. The van der Waals surface area contributed by atoms with Crippen molar-refractivity contribution in [3.05, 3.63) is 89.7 Å². The van der Waals surface area contributed by atoms with Crippen LogP contribution in [0.3, 0.4) is 0 Å². The van der Waals surface area contributed by atoms with E-state index in [-0.39, 0.29) is 17.4 Å². The molecule has 1 heterocycles. The number of hydrogen-bond donors (Lipinski definition) is 1. The Morgan fingerprint density at radius 1 is 0.906 bits per heavy atom. The third-order valence-electron chi connectivity index (χ3n) is 4.53. The highest BCUT2D eigenvalue weighted by molar-refractivity contribution is 7.99. The molecule has 1 aromatic heterocycles. The van der Waals surface area contributed by atoms with Crippen LogP contribution in [0.2, 0.25) is 5.02 Å². The lowest BCUT2D eigenvalue weighted by Crippen LogP contribution is -2.12. The predicted octanol–water partition coefficient (Wildman–Crippen LogP) is 6.12. The van der Waals surface area contributed by atoms with Crippen LogP contribution in [0.1, 0.15) is 6.42 Å². The molecule has 0 unspecified atom stereocenters. The third kappa shape index (κ3) is 5.49. The zero-order chi connectivity index (χ0) is 22.3. The number of thioether (sulfide) groups is 1. The van der Waals surface area contributed by atoms with E-state index >= 15 is 0 Å². The molecule has 0 aliphatic carbocycles. The molecule has 5 nitrogen and oxygen atoms in total. The van der Waals surface area contributed by atoms with Gasteiger partial charge in [-0.25, -0.2) is 9.37 Å². The maximum Gasteiger partial charge on any atom is 0.225 e. The fourth-order valence-electron chi connectivity index (χ4n) is 2.99. The summed E-state index contributed by atoms with van der Waals surface area (Å²) < 4.78 is 13.3. The van der Waals surface area contributed by atoms with Crippen LogP contribution in [0.5, 0.6) is 0 Å². The lowest BCUT2D eigenvalue weighted by molar-refractivity contribution is -0.115. The van der Waals surface area contributed by atoms with Crippen LogP contribution in [0.4, 0.5) is 10.1 Å². The van der Waals surface area contributed by atoms with Crippen molar-refractivity contribution in [3.8, 4) is 22.5 Å². The minimum atomic E-state index is -0.530. The summed E-state index contributed by atoms with van der Waals surface area (Å²) in [6.07, 6.45) is 0.226. The third-order valence-corrected chi connectivity index (χ3v) is 5.65. The van der Waals surface area contributed by atoms with Gasteiger partial charge in [-0.3, -0.25) is 4.79 Å². The zero-order valence-corrected chi connectivity index (χ0v) is 18.4. The first-order valence-electron chi connectivity index (χ1n) is 9.83. The van der Waals surface area contributed by atoms with E-state index in [4.69, 9.17) is 16.6 Å². The van der Waals surface area contributed by atoms with E-state index < -0.39 is 5.82 Å². The van der Waals surface area contributed by atoms with Gasteiger partial charge in [-0.05, 0) is 18.2 Å². The van der Waals surface area contributed by atoms with Crippen LogP contribution in [0.15, 0.2) is 84.0 Å². The molecular weight excluding hydrogens is 447 g/mol. The van der Waals surface area contributed by atoms with Crippen molar-refractivity contribution in [2.45, 2.75) is 11.6 Å². The average molecular weight is 465 g/mol. The van der Waals surface area contributed by atoms with Crippen molar-refractivity contribution in [3.63, 3.8) is 0 Å². The van der Waals surface area contributed by atoms with Crippen LogP contribution in [0.25, 0.3) is 22.5 Å². The lowest BCUT2D eigenvalue weighted by Gasteiger charge is -2.09. The number of rotatable bonds is 7. The molecule has 0 atom stereocenters. The molecule has 1 amide bonds. The van der Waals surface area contributed by atoms with Gasteiger partial charge in [-0.15, -0.1) is 10.2 Å². The van der Waals surface area contributed by atoms with Crippen molar-refractivity contribution >= 4 is 35.0 Å². The Hall–Kier alpha value is -3.29. The van der Waals surface area contributed by atoms with Crippen LogP contribution >= 0.6 is 23.4 Å². The molecule has 4 aromatic rings. The second kappa shape index (κ2) is 10.3. The number of aromatic nitrogens is 3. The van der Waals surface area contributed by atoms with Crippen LogP contribution in [0, 0.1) is 5.82 Å². The number of nitrogens with zero attached hydrogens (tertiary/aromatic N) is 3. The Morgan fingerprint density at radius 2 is 1.56 bits per heavy atom. The van der Waals surface area contributed by atoms with Gasteiger partial charge in [0.15, 0.2) is 0 Å². The number of carbonyl (C=O) groups excluding carboxylic acids is 1. The van der Waals surface area contributed by atoms with E-state index in [9.17, 15) is 9.18 Å². The number of hydrogen-bond acceptors (Lipinski definition) is 5. The topological polar surface area (TPSA) is 67.8 Å². The summed E-state index contributed by atoms with van der Waals surface area (Å²) in [5, 5.41) is 11.8. The van der Waals surface area contributed by atoms with E-state index in [1.807, 2.05) is 60.7 Å². The minimum absolute atomic E-state index is 0.0383. The largest absolute Gasteiger partial charge is 0.326 e. The smallest absolute Gasteiger partial charge is 0.225 e. The van der Waals surface area contributed by atoms with Gasteiger partial charge in [0.05, 0.1) is 5.02 Å². The van der Waals surface area contributed by atoms with E-state index in [0.717, 1.165) is 16.8 Å². The van der Waals surface area contributed by atoms with Gasteiger partial charge in [0.25, 0.3) is 0 Å². The Kier molecular flexibility index (Phi) is 7.09. The van der Waals surface area contributed by atoms with Gasteiger partial charge in [-0.2, -0.15) is 0 Å². The van der Waals surface area contributed by atoms with E-state index in [0.29, 0.717) is 22.3 Å². The van der Waals surface area contributed by atoms with E-state index in [1.54, 1.807) is 0 Å². The molecule has 8 heteroatoms. The van der Waals surface area contributed by atoms with E-state index in [2.05, 4.69) is 15.5 Å². The summed E-state index contributed by atoms with van der Waals surface area (Å²) >= 11 is 7.10. The normalized spacial score (nSPS) is 10.7. The first-order chi connectivity index (χ1) is 15.6. The van der Waals surface area contributed by atoms with E-state index in [1.165, 1.54) is 30.0 Å². The Labute approximate surface area is 194 Å². The molecule has 0 radical (unpaired) electrons. The molecule has 0 saturated carbocycles. The molecule has 0 aliphatic rings. The highest BCUT2D eigenvalue weighted by atomic mass is 35.5. The number of amides is 1. The predicted molar refractivity (Wildman–Crippen MR) is 126 cm³/mol. The van der Waals surface area contributed by atoms with Gasteiger partial charge < -0.3 is 5.32 Å². The summed E-state index contributed by atoms with van der Waals surface area (Å²) in [4.78, 5) is 16.9. The highest BCUT2D eigenvalue weighted by Gasteiger charge is 2.14. The van der Waals surface area contributed by atoms with Gasteiger partial charge in [-0.1, -0.05) is 84.0 Å². The molecule has 3 aromatic carbocycles. The number of benzene rings is 3.